The molecule has 0 aliphatic carbocycles. The van der Waals surface area contributed by atoms with Crippen LogP contribution in [0, 0.1) is 0 Å². The molecule has 154 valence electrons. The second kappa shape index (κ2) is 8.62. The van der Waals surface area contributed by atoms with Gasteiger partial charge in [0.15, 0.2) is 5.16 Å². The molecule has 2 aromatic carbocycles. The molecule has 0 fully saturated rings. The summed E-state index contributed by atoms with van der Waals surface area (Å²) in [5.41, 5.74) is 2.04. The molecule has 0 aliphatic heterocycles. The summed E-state index contributed by atoms with van der Waals surface area (Å²) in [5.74, 6) is 0.715. The summed E-state index contributed by atoms with van der Waals surface area (Å²) < 4.78 is 12.6. The third-order valence-corrected chi connectivity index (χ3v) is 5.74. The van der Waals surface area contributed by atoms with E-state index >= 15 is 0 Å². The van der Waals surface area contributed by atoms with Gasteiger partial charge in [-0.1, -0.05) is 42.1 Å². The van der Waals surface area contributed by atoms with Gasteiger partial charge >= 0.3 is 0 Å². The third-order valence-electron chi connectivity index (χ3n) is 4.76. The lowest BCUT2D eigenvalue weighted by Crippen LogP contribution is -2.26. The van der Waals surface area contributed by atoms with Gasteiger partial charge in [-0.05, 0) is 25.1 Å². The van der Waals surface area contributed by atoms with Gasteiger partial charge in [-0.25, -0.2) is 4.98 Å². The topological polar surface area (TPSA) is 86.4 Å². The Morgan fingerprint density at radius 1 is 1.20 bits per heavy atom. The standard InChI is InChI=1S/C22H21N3O4S/c1-3-25-21(27)20-19(15-9-5-7-11-17(15)29-20)24-22(25)30-13-18(26)23-12-14-8-4-6-10-16(14)28-2/h4-11H,3,12-13H2,1-2H3,(H,23,26). The Bertz CT molecular complexity index is 1280. The van der Waals surface area contributed by atoms with Crippen molar-refractivity contribution in [3.05, 3.63) is 64.4 Å². The van der Waals surface area contributed by atoms with E-state index in [2.05, 4.69) is 10.3 Å². The highest BCUT2D eigenvalue weighted by molar-refractivity contribution is 7.99. The van der Waals surface area contributed by atoms with E-state index in [0.717, 1.165) is 16.7 Å². The number of fused-ring (bicyclic) bond motifs is 3. The number of benzene rings is 2. The second-order valence-electron chi connectivity index (χ2n) is 6.60. The van der Waals surface area contributed by atoms with Gasteiger partial charge in [-0.3, -0.25) is 14.2 Å². The highest BCUT2D eigenvalue weighted by Gasteiger charge is 2.17. The number of nitrogens with one attached hydrogen (secondary N) is 1. The van der Waals surface area contributed by atoms with Crippen LogP contribution in [0.15, 0.2) is 62.9 Å². The van der Waals surface area contributed by atoms with Crippen molar-refractivity contribution in [2.45, 2.75) is 25.2 Å². The van der Waals surface area contributed by atoms with Crippen LogP contribution in [0.5, 0.6) is 5.75 Å². The summed E-state index contributed by atoms with van der Waals surface area (Å²) in [5, 5.41) is 4.17. The zero-order valence-corrected chi connectivity index (χ0v) is 17.5. The number of para-hydroxylation sites is 2. The number of rotatable bonds is 7. The highest BCUT2D eigenvalue weighted by Crippen LogP contribution is 2.27. The van der Waals surface area contributed by atoms with Gasteiger partial charge in [0.2, 0.25) is 11.5 Å². The largest absolute Gasteiger partial charge is 0.496 e. The molecule has 0 saturated heterocycles. The second-order valence-corrected chi connectivity index (χ2v) is 7.54. The monoisotopic (exact) mass is 423 g/mol. The molecule has 0 saturated carbocycles. The fourth-order valence-corrected chi connectivity index (χ4v) is 4.15. The zero-order valence-electron chi connectivity index (χ0n) is 16.7. The molecule has 4 rings (SSSR count). The minimum absolute atomic E-state index is 0.142. The van der Waals surface area contributed by atoms with Gasteiger partial charge in [0.05, 0.1) is 12.9 Å². The first kappa shape index (κ1) is 20.0. The number of aromatic nitrogens is 2. The van der Waals surface area contributed by atoms with E-state index in [-0.39, 0.29) is 22.8 Å². The van der Waals surface area contributed by atoms with Gasteiger partial charge in [-0.15, -0.1) is 0 Å². The van der Waals surface area contributed by atoms with E-state index in [1.165, 1.54) is 16.3 Å². The van der Waals surface area contributed by atoms with Gasteiger partial charge in [0, 0.05) is 24.0 Å². The molecule has 2 aromatic heterocycles. The van der Waals surface area contributed by atoms with Crippen LogP contribution in [0.1, 0.15) is 12.5 Å². The van der Waals surface area contributed by atoms with Crippen LogP contribution in [0.3, 0.4) is 0 Å². The first-order valence-corrected chi connectivity index (χ1v) is 10.5. The van der Waals surface area contributed by atoms with E-state index in [0.29, 0.717) is 29.3 Å². The lowest BCUT2D eigenvalue weighted by Gasteiger charge is -2.11. The first-order valence-electron chi connectivity index (χ1n) is 9.55. The van der Waals surface area contributed by atoms with E-state index < -0.39 is 0 Å². The third kappa shape index (κ3) is 3.78. The Balaban J connectivity index is 1.54. The number of amides is 1. The molecule has 7 nitrogen and oxygen atoms in total. The minimum Gasteiger partial charge on any atom is -0.496 e. The quantitative estimate of drug-likeness (QED) is 0.361. The predicted octanol–water partition coefficient (Wildman–Crippen LogP) is 3.58. The maximum atomic E-state index is 12.9. The minimum atomic E-state index is -0.240. The average Bonchev–Trinajstić information content (AvgIpc) is 3.15. The van der Waals surface area contributed by atoms with Gasteiger partial charge in [0.25, 0.3) is 5.56 Å². The summed E-state index contributed by atoms with van der Waals surface area (Å²) in [6.07, 6.45) is 0. The van der Waals surface area contributed by atoms with Crippen molar-refractivity contribution >= 4 is 39.7 Å². The number of nitrogens with zero attached hydrogens (tertiary/aromatic N) is 2. The van der Waals surface area contributed by atoms with Crippen molar-refractivity contribution in [2.75, 3.05) is 12.9 Å². The van der Waals surface area contributed by atoms with Crippen molar-refractivity contribution in [3.8, 4) is 5.75 Å². The predicted molar refractivity (Wildman–Crippen MR) is 117 cm³/mol. The molecule has 0 radical (unpaired) electrons. The Labute approximate surface area is 177 Å². The SMILES string of the molecule is CCn1c(SCC(=O)NCc2ccccc2OC)nc2c(oc3ccccc32)c1=O. The first-order chi connectivity index (χ1) is 14.6. The number of hydrogen-bond donors (Lipinski definition) is 1. The lowest BCUT2D eigenvalue weighted by atomic mass is 10.2. The van der Waals surface area contributed by atoms with Crippen molar-refractivity contribution in [3.63, 3.8) is 0 Å². The molecule has 0 spiro atoms. The molecular weight excluding hydrogens is 402 g/mol. The smallest absolute Gasteiger partial charge is 0.297 e. The summed E-state index contributed by atoms with van der Waals surface area (Å²) >= 11 is 1.23. The molecule has 1 N–H and O–H groups in total. The summed E-state index contributed by atoms with van der Waals surface area (Å²) in [7, 11) is 1.60. The number of methoxy groups -OCH3 is 1. The molecule has 30 heavy (non-hydrogen) atoms. The molecule has 8 heteroatoms. The maximum Gasteiger partial charge on any atom is 0.297 e. The molecule has 0 bridgehead atoms. The zero-order chi connectivity index (χ0) is 21.1. The van der Waals surface area contributed by atoms with E-state index in [1.54, 1.807) is 7.11 Å². The maximum absolute atomic E-state index is 12.9. The average molecular weight is 423 g/mol. The van der Waals surface area contributed by atoms with Crippen molar-refractivity contribution in [2.24, 2.45) is 0 Å². The molecular formula is C22H21N3O4S. The molecule has 1 amide bonds. The number of thioether (sulfide) groups is 1. The van der Waals surface area contributed by atoms with Crippen LogP contribution in [-0.4, -0.2) is 28.3 Å². The number of furan rings is 1. The lowest BCUT2D eigenvalue weighted by molar-refractivity contribution is -0.118. The Kier molecular flexibility index (Phi) is 5.76. The normalized spacial score (nSPS) is 11.1. The number of carbonyl (C=O) groups excluding carboxylic acids is 1. The van der Waals surface area contributed by atoms with Gasteiger partial charge in [-0.2, -0.15) is 0 Å². The molecule has 4 aromatic rings. The van der Waals surface area contributed by atoms with Crippen LogP contribution < -0.4 is 15.6 Å². The Morgan fingerprint density at radius 2 is 1.97 bits per heavy atom. The van der Waals surface area contributed by atoms with Crippen molar-refractivity contribution in [1.29, 1.82) is 0 Å². The molecule has 0 unspecified atom stereocenters. The summed E-state index contributed by atoms with van der Waals surface area (Å²) in [6, 6.07) is 14.9. The Morgan fingerprint density at radius 3 is 2.77 bits per heavy atom. The van der Waals surface area contributed by atoms with Crippen molar-refractivity contribution < 1.29 is 13.9 Å². The van der Waals surface area contributed by atoms with Crippen molar-refractivity contribution in [1.82, 2.24) is 14.9 Å². The van der Waals surface area contributed by atoms with Crippen LogP contribution >= 0.6 is 11.8 Å². The fraction of sp³-hybridized carbons (Fsp3) is 0.227. The van der Waals surface area contributed by atoms with E-state index in [9.17, 15) is 9.59 Å². The molecule has 2 heterocycles. The van der Waals surface area contributed by atoms with Crippen LogP contribution in [-0.2, 0) is 17.9 Å². The Hall–Kier alpha value is -3.26. The number of hydrogen-bond acceptors (Lipinski definition) is 6. The van der Waals surface area contributed by atoms with E-state index in [4.69, 9.17) is 9.15 Å². The van der Waals surface area contributed by atoms with Gasteiger partial charge < -0.3 is 14.5 Å². The highest BCUT2D eigenvalue weighted by atomic mass is 32.2. The number of ether oxygens (including phenoxy) is 1. The fourth-order valence-electron chi connectivity index (χ4n) is 3.27. The van der Waals surface area contributed by atoms with Gasteiger partial charge in [0.1, 0.15) is 16.8 Å². The molecule has 0 aliphatic rings. The van der Waals surface area contributed by atoms with Crippen LogP contribution in [0.4, 0.5) is 0 Å². The van der Waals surface area contributed by atoms with E-state index in [1.807, 2.05) is 55.5 Å². The van der Waals surface area contributed by atoms with Crippen LogP contribution in [0.2, 0.25) is 0 Å². The summed E-state index contributed by atoms with van der Waals surface area (Å²) in [4.78, 5) is 29.9. The van der Waals surface area contributed by atoms with Crippen LogP contribution in [0.25, 0.3) is 22.1 Å². The summed E-state index contributed by atoms with van der Waals surface area (Å²) in [6.45, 7) is 2.66. The number of carbonyl (C=O) groups is 1. The molecule has 0 atom stereocenters.